The van der Waals surface area contributed by atoms with E-state index in [0.29, 0.717) is 25.0 Å². The number of amides is 4. The van der Waals surface area contributed by atoms with Crippen molar-refractivity contribution in [3.8, 4) is 5.75 Å². The van der Waals surface area contributed by atoms with Gasteiger partial charge in [0.2, 0.25) is 17.7 Å². The SMILES string of the molecule is CC(C)[C@H](NC(=O)[C@H](CCCCNC(=O)OC(C)(C)C)NC(=O)[C@@H](Cc1c[nH]c2ccccc12)NC(=O)[C@@H](N)Cc1ccc(OC(C)(C)C)cc1)C(=O)O.CN[C@@H](Cc1ccccc1)C(=O)O. The van der Waals surface area contributed by atoms with E-state index in [1.165, 1.54) is 0 Å². The zero-order chi connectivity index (χ0) is 49.9. The number of hydrogen-bond donors (Lipinski definition) is 9. The number of nitrogens with two attached hydrogens (primary N) is 1. The molecule has 17 nitrogen and oxygen atoms in total. The molecule has 0 saturated carbocycles. The van der Waals surface area contributed by atoms with Crippen molar-refractivity contribution in [3.05, 3.63) is 102 Å². The van der Waals surface area contributed by atoms with E-state index in [9.17, 15) is 33.9 Å². The number of nitrogens with one attached hydrogen (secondary N) is 6. The Kier molecular flexibility index (Phi) is 21.3. The lowest BCUT2D eigenvalue weighted by atomic mass is 10.0. The molecule has 1 heterocycles. The van der Waals surface area contributed by atoms with Crippen molar-refractivity contribution in [2.45, 2.75) is 135 Å². The van der Waals surface area contributed by atoms with Gasteiger partial charge in [-0.2, -0.15) is 0 Å². The Balaban J connectivity index is 0.000000785. The van der Waals surface area contributed by atoms with Crippen LogP contribution in [-0.4, -0.2) is 106 Å². The number of alkyl carbamates (subject to hydrolysis) is 1. The number of ether oxygens (including phenoxy) is 2. The Morgan fingerprint density at radius 3 is 1.85 bits per heavy atom. The highest BCUT2D eigenvalue weighted by molar-refractivity contribution is 5.95. The predicted molar refractivity (Wildman–Crippen MR) is 257 cm³/mol. The molecule has 0 bridgehead atoms. The van der Waals surface area contributed by atoms with Crippen LogP contribution in [0.2, 0.25) is 0 Å². The van der Waals surface area contributed by atoms with E-state index in [-0.39, 0.29) is 31.4 Å². The lowest BCUT2D eigenvalue weighted by molar-refractivity contribution is -0.143. The molecule has 4 rings (SSSR count). The minimum Gasteiger partial charge on any atom is -0.488 e. The van der Waals surface area contributed by atoms with Gasteiger partial charge in [-0.15, -0.1) is 0 Å². The molecule has 0 aliphatic carbocycles. The monoisotopic (exact) mass is 930 g/mol. The lowest BCUT2D eigenvalue weighted by Gasteiger charge is -2.26. The van der Waals surface area contributed by atoms with Crippen LogP contribution < -0.4 is 37.1 Å². The normalized spacial score (nSPS) is 13.7. The number of aromatic amines is 1. The number of hydrogen-bond acceptors (Lipinski definition) is 10. The maximum atomic E-state index is 14.1. The van der Waals surface area contributed by atoms with Crippen molar-refractivity contribution >= 4 is 46.7 Å². The van der Waals surface area contributed by atoms with Crippen molar-refractivity contribution in [1.29, 1.82) is 0 Å². The van der Waals surface area contributed by atoms with Gasteiger partial charge in [0.15, 0.2) is 0 Å². The summed E-state index contributed by atoms with van der Waals surface area (Å²) in [6.45, 7) is 14.7. The van der Waals surface area contributed by atoms with Crippen molar-refractivity contribution in [3.63, 3.8) is 0 Å². The van der Waals surface area contributed by atoms with Crippen LogP contribution >= 0.6 is 0 Å². The molecule has 5 atom stereocenters. The van der Waals surface area contributed by atoms with Gasteiger partial charge in [0.05, 0.1) is 6.04 Å². The van der Waals surface area contributed by atoms with E-state index in [0.717, 1.165) is 27.6 Å². The minimum absolute atomic E-state index is 0.0744. The second-order valence-corrected chi connectivity index (χ2v) is 18.7. The summed E-state index contributed by atoms with van der Waals surface area (Å²) < 4.78 is 11.2. The second-order valence-electron chi connectivity index (χ2n) is 18.7. The fourth-order valence-electron chi connectivity index (χ4n) is 6.85. The topological polar surface area (TPSA) is 263 Å². The summed E-state index contributed by atoms with van der Waals surface area (Å²) in [5.74, 6) is -3.67. The number of rotatable bonds is 22. The fourth-order valence-corrected chi connectivity index (χ4v) is 6.85. The van der Waals surface area contributed by atoms with Crippen molar-refractivity contribution in [1.82, 2.24) is 31.6 Å². The van der Waals surface area contributed by atoms with Gasteiger partial charge in [-0.3, -0.25) is 19.2 Å². The second kappa shape index (κ2) is 26.0. The van der Waals surface area contributed by atoms with Crippen LogP contribution in [0.5, 0.6) is 5.75 Å². The van der Waals surface area contributed by atoms with Crippen LogP contribution in [0.25, 0.3) is 10.9 Å². The van der Waals surface area contributed by atoms with Gasteiger partial charge in [-0.25, -0.2) is 9.59 Å². The van der Waals surface area contributed by atoms with Gasteiger partial charge in [-0.1, -0.05) is 74.5 Å². The van der Waals surface area contributed by atoms with Crippen molar-refractivity contribution in [2.75, 3.05) is 13.6 Å². The molecule has 0 radical (unpaired) electrons. The molecule has 0 spiro atoms. The van der Waals surface area contributed by atoms with Gasteiger partial charge in [-0.05, 0) is 122 Å². The number of carbonyl (C=O) groups is 6. The average molecular weight is 930 g/mol. The lowest BCUT2D eigenvalue weighted by Crippen LogP contribution is -2.58. The van der Waals surface area contributed by atoms with Crippen molar-refractivity contribution < 1.29 is 48.5 Å². The van der Waals surface area contributed by atoms with E-state index in [1.54, 1.807) is 47.9 Å². The first-order valence-electron chi connectivity index (χ1n) is 22.6. The average Bonchev–Trinajstić information content (AvgIpc) is 3.66. The maximum absolute atomic E-state index is 14.1. The van der Waals surface area contributed by atoms with E-state index >= 15 is 0 Å². The summed E-state index contributed by atoms with van der Waals surface area (Å²) in [4.78, 5) is 79.1. The molecule has 0 saturated heterocycles. The number of aliphatic carboxylic acids is 2. The number of carbonyl (C=O) groups excluding carboxylic acids is 4. The van der Waals surface area contributed by atoms with Crippen LogP contribution in [0.3, 0.4) is 0 Å². The molecule has 0 aliphatic rings. The van der Waals surface area contributed by atoms with Gasteiger partial charge in [0.1, 0.15) is 41.1 Å². The van der Waals surface area contributed by atoms with Crippen LogP contribution in [0.1, 0.15) is 91.3 Å². The van der Waals surface area contributed by atoms with Crippen LogP contribution in [0.15, 0.2) is 85.1 Å². The van der Waals surface area contributed by atoms with Crippen LogP contribution in [0, 0.1) is 5.92 Å². The fraction of sp³-hybridized carbons (Fsp3) is 0.480. The summed E-state index contributed by atoms with van der Waals surface area (Å²) in [5.41, 5.74) is 8.77. The van der Waals surface area contributed by atoms with E-state index < -0.39 is 77.5 Å². The molecular weight excluding hydrogens is 859 g/mol. The third kappa shape index (κ3) is 19.9. The number of carboxylic acids is 2. The number of unbranched alkanes of at least 4 members (excludes halogenated alkanes) is 1. The Hall–Kier alpha value is -6.46. The summed E-state index contributed by atoms with van der Waals surface area (Å²) in [7, 11) is 1.65. The first-order valence-corrected chi connectivity index (χ1v) is 22.6. The smallest absolute Gasteiger partial charge is 0.407 e. The summed E-state index contributed by atoms with van der Waals surface area (Å²) in [6.07, 6.45) is 2.93. The Morgan fingerprint density at radius 1 is 0.672 bits per heavy atom. The zero-order valence-corrected chi connectivity index (χ0v) is 40.2. The third-order valence-electron chi connectivity index (χ3n) is 10.3. The molecule has 4 amide bonds. The van der Waals surface area contributed by atoms with E-state index in [1.807, 2.05) is 99.6 Å². The molecule has 17 heteroatoms. The zero-order valence-electron chi connectivity index (χ0n) is 40.2. The summed E-state index contributed by atoms with van der Waals surface area (Å²) in [6, 6.07) is 19.4. The van der Waals surface area contributed by atoms with Crippen LogP contribution in [0.4, 0.5) is 4.79 Å². The molecule has 10 N–H and O–H groups in total. The Morgan fingerprint density at radius 2 is 1.27 bits per heavy atom. The molecule has 0 aliphatic heterocycles. The molecule has 0 unspecified atom stereocenters. The standard InChI is InChI=1S/C40H58N6O8.C10H13NO2/c1-24(2)33(37(50)51)46-35(48)31(15-11-12-20-42-38(52)54-40(6,7)8)44-36(49)32(22-26-23-43-30-14-10-9-13-28(26)30)45-34(47)29(41)21-25-16-18-27(19-17-25)53-39(3,4)5;1-11-9(10(12)13)7-8-5-3-2-4-6-8/h9-10,13-14,16-19,23-24,29,31-33,43H,11-12,15,20-22,41H2,1-8H3,(H,42,52)(H,44,49)(H,45,47)(H,46,48)(H,50,51);2-6,9,11H,7H2,1H3,(H,12,13)/t29-,31-,32+,33-;9-/m00/s1. The molecule has 67 heavy (non-hydrogen) atoms. The number of aromatic nitrogens is 1. The van der Waals surface area contributed by atoms with E-state index in [2.05, 4.69) is 31.6 Å². The highest BCUT2D eigenvalue weighted by atomic mass is 16.6. The number of likely N-dealkylation sites (N-methyl/N-ethyl adjacent to an activating group) is 1. The number of carboxylic acid groups (broad SMARTS) is 2. The largest absolute Gasteiger partial charge is 0.488 e. The highest BCUT2D eigenvalue weighted by Gasteiger charge is 2.32. The predicted octanol–water partition coefficient (Wildman–Crippen LogP) is 5.25. The highest BCUT2D eigenvalue weighted by Crippen LogP contribution is 2.21. The van der Waals surface area contributed by atoms with Crippen molar-refractivity contribution in [2.24, 2.45) is 11.7 Å². The number of para-hydroxylation sites is 1. The Bertz CT molecular complexity index is 2220. The van der Waals surface area contributed by atoms with Crippen LogP contribution in [-0.2, 0) is 48.0 Å². The van der Waals surface area contributed by atoms with Gasteiger partial charge in [0.25, 0.3) is 0 Å². The van der Waals surface area contributed by atoms with Gasteiger partial charge in [0, 0.05) is 30.1 Å². The molecule has 3 aromatic carbocycles. The number of fused-ring (bicyclic) bond motifs is 1. The quantitative estimate of drug-likeness (QED) is 0.0458. The minimum atomic E-state index is -1.21. The third-order valence-corrected chi connectivity index (χ3v) is 10.3. The molecule has 1 aromatic heterocycles. The molecule has 0 fully saturated rings. The molecule has 366 valence electrons. The first-order chi connectivity index (χ1) is 31.5. The van der Waals surface area contributed by atoms with Gasteiger partial charge < -0.3 is 57.0 Å². The van der Waals surface area contributed by atoms with Gasteiger partial charge >= 0.3 is 18.0 Å². The summed E-state index contributed by atoms with van der Waals surface area (Å²) in [5, 5.41) is 32.9. The maximum Gasteiger partial charge on any atom is 0.407 e. The number of benzene rings is 3. The first kappa shape index (κ1) is 54.9. The van der Waals surface area contributed by atoms with E-state index in [4.69, 9.17) is 20.3 Å². The Labute approximate surface area is 393 Å². The molecule has 4 aromatic rings. The summed E-state index contributed by atoms with van der Waals surface area (Å²) >= 11 is 0. The molecular formula is C50H71N7O10. The number of H-pyrrole nitrogens is 1.